The van der Waals surface area contributed by atoms with Crippen LogP contribution in [-0.2, 0) is 16.8 Å². The van der Waals surface area contributed by atoms with Gasteiger partial charge in [-0.2, -0.15) is 13.2 Å². The molecule has 3 nitrogen and oxygen atoms in total. The second-order valence-corrected chi connectivity index (χ2v) is 8.70. The molecule has 0 saturated carbocycles. The Hall–Kier alpha value is -1.77. The Kier molecular flexibility index (Phi) is 7.17. The van der Waals surface area contributed by atoms with E-state index >= 15 is 0 Å². The lowest BCUT2D eigenvalue weighted by Crippen LogP contribution is -2.45. The molecule has 32 heavy (non-hydrogen) atoms. The number of nitrogens with zero attached hydrogens (tertiary/aromatic N) is 1. The summed E-state index contributed by atoms with van der Waals surface area (Å²) in [5, 5.41) is 1.18. The summed E-state index contributed by atoms with van der Waals surface area (Å²) in [5.74, 6) is -2.95. The molecular weight excluding hydrogens is 498 g/mol. The van der Waals surface area contributed by atoms with E-state index in [-0.39, 0.29) is 24.0 Å². The van der Waals surface area contributed by atoms with Gasteiger partial charge in [-0.05, 0) is 30.2 Å². The quantitative estimate of drug-likeness (QED) is 0.274. The molecule has 174 valence electrons. The third-order valence-corrected chi connectivity index (χ3v) is 6.59. The molecule has 0 bridgehead atoms. The molecule has 11 heteroatoms. The first-order chi connectivity index (χ1) is 14.9. The summed E-state index contributed by atoms with van der Waals surface area (Å²) in [6, 6.07) is 5.32. The van der Waals surface area contributed by atoms with Crippen molar-refractivity contribution in [1.82, 2.24) is 5.32 Å². The highest BCUT2D eigenvalue weighted by molar-refractivity contribution is 6.35. The Morgan fingerprint density at radius 1 is 1.12 bits per heavy atom. The van der Waals surface area contributed by atoms with Gasteiger partial charge in [0.15, 0.2) is 5.82 Å². The number of carbonyl (C=O) groups excluding carboxylic acids is 1. The van der Waals surface area contributed by atoms with Crippen molar-refractivity contribution in [2.75, 3.05) is 18.0 Å². The van der Waals surface area contributed by atoms with E-state index in [1.165, 1.54) is 11.0 Å². The molecule has 0 spiro atoms. The van der Waals surface area contributed by atoms with Gasteiger partial charge in [-0.15, -0.1) is 0 Å². The van der Waals surface area contributed by atoms with E-state index in [1.807, 2.05) is 0 Å². The lowest BCUT2D eigenvalue weighted by molar-refractivity contribution is -0.185. The summed E-state index contributed by atoms with van der Waals surface area (Å²) < 4.78 is 71.2. The predicted molar refractivity (Wildman–Crippen MR) is 115 cm³/mol. The zero-order valence-corrected chi connectivity index (χ0v) is 19.0. The number of benzene rings is 2. The number of rotatable bonds is 5. The molecule has 1 fully saturated rings. The van der Waals surface area contributed by atoms with Gasteiger partial charge in [0.2, 0.25) is 5.91 Å². The van der Waals surface area contributed by atoms with E-state index in [2.05, 4.69) is 5.32 Å². The molecule has 2 aromatic rings. The molecule has 1 N–H and O–H groups in total. The first-order valence-electron chi connectivity index (χ1n) is 9.61. The van der Waals surface area contributed by atoms with Crippen molar-refractivity contribution < 1.29 is 26.7 Å². The minimum absolute atomic E-state index is 0.0617. The Morgan fingerprint density at radius 2 is 1.81 bits per heavy atom. The highest BCUT2D eigenvalue weighted by Gasteiger charge is 2.60. The van der Waals surface area contributed by atoms with Crippen LogP contribution in [0.15, 0.2) is 24.3 Å². The van der Waals surface area contributed by atoms with Gasteiger partial charge >= 0.3 is 6.18 Å². The van der Waals surface area contributed by atoms with Crippen molar-refractivity contribution in [1.29, 1.82) is 0 Å². The molecule has 3 rings (SSSR count). The van der Waals surface area contributed by atoms with Crippen molar-refractivity contribution in [2.45, 2.75) is 37.9 Å². The van der Waals surface area contributed by atoms with Crippen LogP contribution in [0.3, 0.4) is 0 Å². The van der Waals surface area contributed by atoms with Crippen LogP contribution in [0.5, 0.6) is 0 Å². The van der Waals surface area contributed by atoms with Crippen LogP contribution in [-0.4, -0.2) is 25.2 Å². The SMILES string of the molecule is CCC(=O)NCc1ccc(N2CCC(c3cc(Cl)c(F)c(Cl)c3F)(C(F)(F)F)C2)cc1Cl. The molecule has 1 atom stereocenters. The van der Waals surface area contributed by atoms with E-state index in [0.29, 0.717) is 23.7 Å². The number of halogens is 8. The van der Waals surface area contributed by atoms with Crippen LogP contribution in [0.25, 0.3) is 0 Å². The normalized spacial score (nSPS) is 18.8. The van der Waals surface area contributed by atoms with Gasteiger partial charge in [0.1, 0.15) is 16.3 Å². The number of amides is 1. The van der Waals surface area contributed by atoms with Crippen LogP contribution < -0.4 is 10.2 Å². The molecular formula is C21H18Cl3F5N2O. The molecule has 1 unspecified atom stereocenters. The molecule has 0 radical (unpaired) electrons. The van der Waals surface area contributed by atoms with E-state index in [9.17, 15) is 26.7 Å². The van der Waals surface area contributed by atoms with Gasteiger partial charge in [-0.1, -0.05) is 47.8 Å². The summed E-state index contributed by atoms with van der Waals surface area (Å²) in [6.45, 7) is 1.18. The van der Waals surface area contributed by atoms with Gasteiger partial charge in [-0.25, -0.2) is 8.78 Å². The maximum atomic E-state index is 14.7. The van der Waals surface area contributed by atoms with Crippen molar-refractivity contribution in [3.8, 4) is 0 Å². The summed E-state index contributed by atoms with van der Waals surface area (Å²) in [4.78, 5) is 12.8. The average molecular weight is 516 g/mol. The highest BCUT2D eigenvalue weighted by atomic mass is 35.5. The summed E-state index contributed by atoms with van der Waals surface area (Å²) in [6.07, 6.45) is -5.05. The average Bonchev–Trinajstić information content (AvgIpc) is 3.20. The standard InChI is InChI=1S/C21H18Cl3F5N2O/c1-2-16(32)30-9-11-3-4-12(7-14(11)22)31-6-5-20(10-31,21(27,28)29)13-8-15(23)19(26)17(24)18(13)25/h3-4,7-8H,2,5-6,9-10H2,1H3,(H,30,32). The van der Waals surface area contributed by atoms with Crippen LogP contribution in [0.4, 0.5) is 27.6 Å². The number of anilines is 1. The predicted octanol–water partition coefficient (Wildman–Crippen LogP) is 6.66. The Balaban J connectivity index is 1.94. The van der Waals surface area contributed by atoms with Crippen molar-refractivity contribution in [3.63, 3.8) is 0 Å². The summed E-state index contributed by atoms with van der Waals surface area (Å²) >= 11 is 17.5. The van der Waals surface area contributed by atoms with Crippen LogP contribution in [0, 0.1) is 11.6 Å². The molecule has 1 amide bonds. The van der Waals surface area contributed by atoms with Crippen LogP contribution >= 0.6 is 34.8 Å². The van der Waals surface area contributed by atoms with Gasteiger partial charge in [0.25, 0.3) is 0 Å². The van der Waals surface area contributed by atoms with Gasteiger partial charge in [-0.3, -0.25) is 4.79 Å². The molecule has 1 heterocycles. The fourth-order valence-electron chi connectivity index (χ4n) is 3.75. The largest absolute Gasteiger partial charge is 0.400 e. The topological polar surface area (TPSA) is 32.3 Å². The minimum Gasteiger partial charge on any atom is -0.370 e. The Morgan fingerprint density at radius 3 is 2.41 bits per heavy atom. The third-order valence-electron chi connectivity index (χ3n) is 5.63. The van der Waals surface area contributed by atoms with E-state index in [4.69, 9.17) is 34.8 Å². The van der Waals surface area contributed by atoms with Crippen LogP contribution in [0.1, 0.15) is 30.9 Å². The monoisotopic (exact) mass is 514 g/mol. The first kappa shape index (κ1) is 24.9. The zero-order chi connectivity index (χ0) is 23.8. The Bertz CT molecular complexity index is 1050. The second kappa shape index (κ2) is 9.23. The third kappa shape index (κ3) is 4.50. The molecule has 1 aliphatic heterocycles. The van der Waals surface area contributed by atoms with Crippen molar-refractivity contribution in [3.05, 3.63) is 62.1 Å². The number of hydrogen-bond acceptors (Lipinski definition) is 2. The van der Waals surface area contributed by atoms with Crippen LogP contribution in [0.2, 0.25) is 15.1 Å². The van der Waals surface area contributed by atoms with E-state index in [1.54, 1.807) is 19.1 Å². The summed E-state index contributed by atoms with van der Waals surface area (Å²) in [7, 11) is 0. The van der Waals surface area contributed by atoms with E-state index < -0.39 is 51.8 Å². The molecule has 2 aromatic carbocycles. The van der Waals surface area contributed by atoms with Crippen molar-refractivity contribution >= 4 is 46.4 Å². The molecule has 0 aromatic heterocycles. The maximum absolute atomic E-state index is 14.7. The fourth-order valence-corrected chi connectivity index (χ4v) is 4.45. The number of hydrogen-bond donors (Lipinski definition) is 1. The number of alkyl halides is 3. The van der Waals surface area contributed by atoms with Gasteiger partial charge < -0.3 is 10.2 Å². The second-order valence-electron chi connectivity index (χ2n) is 7.51. The first-order valence-corrected chi connectivity index (χ1v) is 10.7. The maximum Gasteiger partial charge on any atom is 0.400 e. The minimum atomic E-state index is -4.86. The molecule has 0 aliphatic carbocycles. The van der Waals surface area contributed by atoms with Gasteiger partial charge in [0, 0.05) is 42.3 Å². The lowest BCUT2D eigenvalue weighted by Gasteiger charge is -2.33. The van der Waals surface area contributed by atoms with Gasteiger partial charge in [0.05, 0.1) is 5.02 Å². The lowest BCUT2D eigenvalue weighted by atomic mass is 9.78. The molecule has 1 aliphatic rings. The summed E-state index contributed by atoms with van der Waals surface area (Å²) in [5.41, 5.74) is -2.44. The number of nitrogens with one attached hydrogen (secondary N) is 1. The fraction of sp³-hybridized carbons (Fsp3) is 0.381. The number of carbonyl (C=O) groups is 1. The molecule has 1 saturated heterocycles. The highest BCUT2D eigenvalue weighted by Crippen LogP contribution is 2.51. The smallest absolute Gasteiger partial charge is 0.370 e. The van der Waals surface area contributed by atoms with Crippen molar-refractivity contribution in [2.24, 2.45) is 0 Å². The van der Waals surface area contributed by atoms with E-state index in [0.717, 1.165) is 0 Å². The Labute approximate surface area is 196 Å². The zero-order valence-electron chi connectivity index (χ0n) is 16.7.